The number of aliphatic carboxylic acids is 1. The minimum Gasteiger partial charge on any atom is -0.475 e. The van der Waals surface area contributed by atoms with E-state index in [-0.39, 0.29) is 5.91 Å². The van der Waals surface area contributed by atoms with Crippen LogP contribution in [0.25, 0.3) is 0 Å². The van der Waals surface area contributed by atoms with Crippen molar-refractivity contribution >= 4 is 11.9 Å². The van der Waals surface area contributed by atoms with Gasteiger partial charge in [-0.15, -0.1) is 0 Å². The Morgan fingerprint density at radius 3 is 2.29 bits per heavy atom. The number of fused-ring (bicyclic) bond motifs is 1. The molecule has 7 nitrogen and oxygen atoms in total. The number of hydrogen-bond acceptors (Lipinski definition) is 5. The molecule has 31 heavy (non-hydrogen) atoms. The van der Waals surface area contributed by atoms with Crippen LogP contribution in [0.4, 0.5) is 13.2 Å². The van der Waals surface area contributed by atoms with Crippen LogP contribution in [0, 0.1) is 29.6 Å². The Balaban J connectivity index is 0.000000339. The van der Waals surface area contributed by atoms with Crippen LogP contribution in [0.15, 0.2) is 0 Å². The number of hydrogen-bond donors (Lipinski definition) is 2. The standard InChI is InChI=1S/C19H32N2O3.C2HF3O2/c22-19(20-8-14-1-2-14)7-16-12-24-13-17-10-21(11-18(16)17)9-15-3-5-23-6-4-15;3-2(4,5)1(6)7/h14-18H,1-13H2,(H,20,22);(H,6,7)/t16-,17-,18+;/m1./s1. The summed E-state index contributed by atoms with van der Waals surface area (Å²) < 4.78 is 43.1. The highest BCUT2D eigenvalue weighted by atomic mass is 19.4. The summed E-state index contributed by atoms with van der Waals surface area (Å²) in [4.78, 5) is 23.8. The third kappa shape index (κ3) is 7.91. The molecule has 0 aromatic rings. The molecule has 4 aliphatic rings. The number of halogens is 3. The van der Waals surface area contributed by atoms with Gasteiger partial charge in [-0.25, -0.2) is 4.79 Å². The molecule has 0 aromatic heterocycles. The number of amides is 1. The average molecular weight is 450 g/mol. The monoisotopic (exact) mass is 450 g/mol. The Bertz CT molecular complexity index is 608. The number of carbonyl (C=O) groups is 2. The van der Waals surface area contributed by atoms with Gasteiger partial charge in [-0.1, -0.05) is 0 Å². The van der Waals surface area contributed by atoms with Gasteiger partial charge in [0, 0.05) is 45.8 Å². The number of carboxylic acids is 1. The zero-order chi connectivity index (χ0) is 22.4. The molecule has 1 saturated carbocycles. The maximum absolute atomic E-state index is 12.2. The number of carboxylic acid groups (broad SMARTS) is 1. The molecule has 0 spiro atoms. The van der Waals surface area contributed by atoms with Crippen LogP contribution in [0.1, 0.15) is 32.1 Å². The van der Waals surface area contributed by atoms with Crippen molar-refractivity contribution in [3.63, 3.8) is 0 Å². The number of nitrogens with zero attached hydrogens (tertiary/aromatic N) is 1. The van der Waals surface area contributed by atoms with E-state index in [0.717, 1.165) is 57.9 Å². The zero-order valence-corrected chi connectivity index (χ0v) is 17.7. The fraction of sp³-hybridized carbons (Fsp3) is 0.905. The summed E-state index contributed by atoms with van der Waals surface area (Å²) >= 11 is 0. The largest absolute Gasteiger partial charge is 0.490 e. The Hall–Kier alpha value is -1.39. The van der Waals surface area contributed by atoms with E-state index < -0.39 is 12.1 Å². The summed E-state index contributed by atoms with van der Waals surface area (Å²) in [5.41, 5.74) is 0. The molecule has 2 N–H and O–H groups in total. The number of likely N-dealkylation sites (tertiary alicyclic amines) is 1. The zero-order valence-electron chi connectivity index (χ0n) is 17.7. The van der Waals surface area contributed by atoms with E-state index in [1.165, 1.54) is 32.2 Å². The van der Waals surface area contributed by atoms with Crippen LogP contribution in [-0.2, 0) is 19.1 Å². The number of nitrogens with one attached hydrogen (secondary N) is 1. The molecule has 0 unspecified atom stereocenters. The van der Waals surface area contributed by atoms with Gasteiger partial charge in [0.15, 0.2) is 0 Å². The van der Waals surface area contributed by atoms with Crippen molar-refractivity contribution in [1.82, 2.24) is 10.2 Å². The molecule has 10 heteroatoms. The fourth-order valence-electron chi connectivity index (χ4n) is 4.74. The number of alkyl halides is 3. The van der Waals surface area contributed by atoms with E-state index >= 15 is 0 Å². The van der Waals surface area contributed by atoms with Crippen LogP contribution >= 0.6 is 0 Å². The Morgan fingerprint density at radius 1 is 1.00 bits per heavy atom. The van der Waals surface area contributed by atoms with Crippen molar-refractivity contribution in [2.24, 2.45) is 29.6 Å². The van der Waals surface area contributed by atoms with E-state index in [1.807, 2.05) is 0 Å². The molecule has 0 bridgehead atoms. The molecule has 1 amide bonds. The molecule has 3 atom stereocenters. The summed E-state index contributed by atoms with van der Waals surface area (Å²) in [7, 11) is 0. The lowest BCUT2D eigenvalue weighted by molar-refractivity contribution is -0.192. The van der Waals surface area contributed by atoms with E-state index in [1.54, 1.807) is 0 Å². The molecule has 4 rings (SSSR count). The van der Waals surface area contributed by atoms with Crippen molar-refractivity contribution in [3.05, 3.63) is 0 Å². The SMILES string of the molecule is O=C(C[C@@H]1COC[C@H]2CN(CC3CCOCC3)C[C@@H]12)NCC1CC1.O=C(O)C(F)(F)F. The maximum Gasteiger partial charge on any atom is 0.490 e. The topological polar surface area (TPSA) is 88.1 Å². The summed E-state index contributed by atoms with van der Waals surface area (Å²) in [6.07, 6.45) is 0.557. The van der Waals surface area contributed by atoms with Gasteiger partial charge in [-0.05, 0) is 55.3 Å². The second-order valence-corrected chi connectivity index (χ2v) is 9.25. The van der Waals surface area contributed by atoms with Gasteiger partial charge in [-0.3, -0.25) is 4.79 Å². The first-order valence-electron chi connectivity index (χ1n) is 11.2. The minimum absolute atomic E-state index is 0.235. The molecule has 3 saturated heterocycles. The van der Waals surface area contributed by atoms with E-state index in [0.29, 0.717) is 24.2 Å². The van der Waals surface area contributed by atoms with Crippen molar-refractivity contribution in [1.29, 1.82) is 0 Å². The molecule has 3 aliphatic heterocycles. The Labute approximate surface area is 180 Å². The van der Waals surface area contributed by atoms with Crippen LogP contribution in [0.5, 0.6) is 0 Å². The van der Waals surface area contributed by atoms with Crippen molar-refractivity contribution in [3.8, 4) is 0 Å². The Kier molecular flexibility index (Phi) is 8.58. The molecule has 3 heterocycles. The predicted molar refractivity (Wildman–Crippen MR) is 105 cm³/mol. The first-order chi connectivity index (χ1) is 14.7. The van der Waals surface area contributed by atoms with Crippen molar-refractivity contribution in [2.75, 3.05) is 52.6 Å². The number of carbonyl (C=O) groups excluding carboxylic acids is 1. The van der Waals surface area contributed by atoms with Crippen LogP contribution < -0.4 is 5.32 Å². The Morgan fingerprint density at radius 2 is 1.68 bits per heavy atom. The van der Waals surface area contributed by atoms with Gasteiger partial charge in [0.25, 0.3) is 0 Å². The summed E-state index contributed by atoms with van der Waals surface area (Å²) in [6.45, 7) is 7.91. The lowest BCUT2D eigenvalue weighted by Crippen LogP contribution is -2.38. The highest BCUT2D eigenvalue weighted by Gasteiger charge is 2.42. The van der Waals surface area contributed by atoms with E-state index in [9.17, 15) is 18.0 Å². The van der Waals surface area contributed by atoms with E-state index in [4.69, 9.17) is 19.4 Å². The maximum atomic E-state index is 12.2. The second kappa shape index (κ2) is 11.0. The third-order valence-electron chi connectivity index (χ3n) is 6.67. The van der Waals surface area contributed by atoms with Crippen LogP contribution in [-0.4, -0.2) is 80.7 Å². The van der Waals surface area contributed by atoms with Gasteiger partial charge < -0.3 is 24.8 Å². The summed E-state index contributed by atoms with van der Waals surface area (Å²) in [5, 5.41) is 10.3. The minimum atomic E-state index is -5.08. The van der Waals surface area contributed by atoms with Crippen LogP contribution in [0.3, 0.4) is 0 Å². The molecule has 0 aromatic carbocycles. The van der Waals surface area contributed by atoms with Gasteiger partial charge >= 0.3 is 12.1 Å². The van der Waals surface area contributed by atoms with Gasteiger partial charge in [0.1, 0.15) is 0 Å². The van der Waals surface area contributed by atoms with Crippen molar-refractivity contribution in [2.45, 2.75) is 38.3 Å². The second-order valence-electron chi connectivity index (χ2n) is 9.25. The quantitative estimate of drug-likeness (QED) is 0.645. The highest BCUT2D eigenvalue weighted by molar-refractivity contribution is 5.76. The smallest absolute Gasteiger partial charge is 0.475 e. The van der Waals surface area contributed by atoms with Gasteiger partial charge in [0.05, 0.1) is 13.2 Å². The third-order valence-corrected chi connectivity index (χ3v) is 6.67. The first kappa shape index (κ1) is 24.3. The van der Waals surface area contributed by atoms with Gasteiger partial charge in [-0.2, -0.15) is 13.2 Å². The number of ether oxygens (including phenoxy) is 2. The van der Waals surface area contributed by atoms with Crippen LogP contribution in [0.2, 0.25) is 0 Å². The molecule has 178 valence electrons. The van der Waals surface area contributed by atoms with E-state index in [2.05, 4.69) is 10.2 Å². The number of rotatable bonds is 6. The first-order valence-corrected chi connectivity index (χ1v) is 11.2. The fourth-order valence-corrected chi connectivity index (χ4v) is 4.74. The normalized spacial score (nSPS) is 29.6. The summed E-state index contributed by atoms with van der Waals surface area (Å²) in [6, 6.07) is 0. The lowest BCUT2D eigenvalue weighted by atomic mass is 9.81. The van der Waals surface area contributed by atoms with Crippen molar-refractivity contribution < 1.29 is 37.3 Å². The molecular weight excluding hydrogens is 417 g/mol. The predicted octanol–water partition coefficient (Wildman–Crippen LogP) is 2.16. The molecule has 4 fully saturated rings. The lowest BCUT2D eigenvalue weighted by Gasteiger charge is -2.32. The van der Waals surface area contributed by atoms with Gasteiger partial charge in [0.2, 0.25) is 5.91 Å². The summed E-state index contributed by atoms with van der Waals surface area (Å²) in [5.74, 6) is 0.699. The molecule has 1 aliphatic carbocycles. The molecular formula is C21H33F3N2O5. The molecule has 0 radical (unpaired) electrons. The average Bonchev–Trinajstić information content (AvgIpc) is 3.45. The highest BCUT2D eigenvalue weighted by Crippen LogP contribution is 2.36.